The van der Waals surface area contributed by atoms with Crippen LogP contribution in [0.25, 0.3) is 0 Å². The van der Waals surface area contributed by atoms with Crippen molar-refractivity contribution in [2.45, 2.75) is 27.3 Å². The van der Waals surface area contributed by atoms with Gasteiger partial charge < -0.3 is 10.1 Å². The van der Waals surface area contributed by atoms with Gasteiger partial charge in [-0.25, -0.2) is 4.98 Å². The van der Waals surface area contributed by atoms with Crippen LogP contribution in [0.2, 0.25) is 10.0 Å². The van der Waals surface area contributed by atoms with Gasteiger partial charge in [-0.1, -0.05) is 30.1 Å². The van der Waals surface area contributed by atoms with E-state index in [0.29, 0.717) is 28.2 Å². The summed E-state index contributed by atoms with van der Waals surface area (Å²) < 4.78 is 5.91. The van der Waals surface area contributed by atoms with Gasteiger partial charge >= 0.3 is 0 Å². The van der Waals surface area contributed by atoms with E-state index in [2.05, 4.69) is 24.1 Å². The van der Waals surface area contributed by atoms with Crippen molar-refractivity contribution in [2.24, 2.45) is 0 Å². The van der Waals surface area contributed by atoms with Gasteiger partial charge in [0.25, 0.3) is 0 Å². The third kappa shape index (κ3) is 4.10. The highest BCUT2D eigenvalue weighted by Gasteiger charge is 2.12. The number of aromatic nitrogens is 1. The Morgan fingerprint density at radius 3 is 2.62 bits per heavy atom. The molecule has 0 saturated carbocycles. The van der Waals surface area contributed by atoms with Crippen molar-refractivity contribution >= 4 is 23.2 Å². The highest BCUT2D eigenvalue weighted by atomic mass is 35.5. The zero-order valence-electron chi connectivity index (χ0n) is 12.3. The van der Waals surface area contributed by atoms with Crippen molar-refractivity contribution in [3.05, 3.63) is 51.1 Å². The van der Waals surface area contributed by atoms with Crippen LogP contribution in [-0.2, 0) is 6.54 Å². The fraction of sp³-hybridized carbons (Fsp3) is 0.312. The average molecular weight is 325 g/mol. The third-order valence-corrected chi connectivity index (χ3v) is 3.62. The van der Waals surface area contributed by atoms with E-state index in [1.807, 2.05) is 13.0 Å². The fourth-order valence-corrected chi connectivity index (χ4v) is 2.49. The Kier molecular flexibility index (Phi) is 5.45. The first-order valence-electron chi connectivity index (χ1n) is 6.82. The van der Waals surface area contributed by atoms with Crippen LogP contribution in [0.1, 0.15) is 23.7 Å². The summed E-state index contributed by atoms with van der Waals surface area (Å²) >= 11 is 12.1. The van der Waals surface area contributed by atoms with Crippen molar-refractivity contribution in [1.82, 2.24) is 10.3 Å². The van der Waals surface area contributed by atoms with E-state index < -0.39 is 0 Å². The SMILES string of the molecule is CCNCc1c(C)cc(C)nc1Oc1ccc(Cl)cc1Cl. The molecular weight excluding hydrogens is 307 g/mol. The van der Waals surface area contributed by atoms with Gasteiger partial charge in [0.15, 0.2) is 0 Å². The fourth-order valence-electron chi connectivity index (χ4n) is 2.04. The molecule has 0 fully saturated rings. The number of rotatable bonds is 5. The first kappa shape index (κ1) is 16.1. The van der Waals surface area contributed by atoms with Gasteiger partial charge in [-0.15, -0.1) is 0 Å². The van der Waals surface area contributed by atoms with Crippen LogP contribution in [0.15, 0.2) is 24.3 Å². The Labute approximate surface area is 135 Å². The maximum atomic E-state index is 6.16. The smallest absolute Gasteiger partial charge is 0.224 e. The number of aryl methyl sites for hydroxylation is 2. The molecule has 1 aromatic heterocycles. The van der Waals surface area contributed by atoms with Gasteiger partial charge in [-0.2, -0.15) is 0 Å². The van der Waals surface area contributed by atoms with Crippen LogP contribution < -0.4 is 10.1 Å². The Morgan fingerprint density at radius 2 is 1.95 bits per heavy atom. The van der Waals surface area contributed by atoms with Crippen LogP contribution in [0.4, 0.5) is 0 Å². The van der Waals surface area contributed by atoms with Crippen molar-refractivity contribution in [1.29, 1.82) is 0 Å². The molecular formula is C16H18Cl2N2O. The molecule has 0 aliphatic heterocycles. The van der Waals surface area contributed by atoms with Gasteiger partial charge in [0.05, 0.1) is 5.02 Å². The molecule has 0 radical (unpaired) electrons. The van der Waals surface area contributed by atoms with Crippen LogP contribution in [0, 0.1) is 13.8 Å². The van der Waals surface area contributed by atoms with E-state index in [4.69, 9.17) is 27.9 Å². The zero-order valence-corrected chi connectivity index (χ0v) is 13.8. The van der Waals surface area contributed by atoms with Crippen molar-refractivity contribution < 1.29 is 4.74 Å². The number of hydrogen-bond donors (Lipinski definition) is 1. The number of benzene rings is 1. The van der Waals surface area contributed by atoms with Crippen molar-refractivity contribution in [3.63, 3.8) is 0 Å². The van der Waals surface area contributed by atoms with Crippen molar-refractivity contribution in [2.75, 3.05) is 6.54 Å². The molecule has 21 heavy (non-hydrogen) atoms. The maximum Gasteiger partial charge on any atom is 0.224 e. The molecule has 1 N–H and O–H groups in total. The molecule has 0 saturated heterocycles. The summed E-state index contributed by atoms with van der Waals surface area (Å²) in [5.74, 6) is 1.13. The predicted molar refractivity (Wildman–Crippen MR) is 87.6 cm³/mol. The number of ether oxygens (including phenoxy) is 1. The summed E-state index contributed by atoms with van der Waals surface area (Å²) in [5.41, 5.74) is 3.09. The van der Waals surface area contributed by atoms with Crippen molar-refractivity contribution in [3.8, 4) is 11.6 Å². The molecule has 0 bridgehead atoms. The minimum atomic E-state index is 0.470. The summed E-state index contributed by atoms with van der Waals surface area (Å²) in [6.07, 6.45) is 0. The summed E-state index contributed by atoms with van der Waals surface area (Å²) in [5, 5.41) is 4.35. The predicted octanol–water partition coefficient (Wildman–Crippen LogP) is 4.91. The Bertz CT molecular complexity index is 644. The topological polar surface area (TPSA) is 34.2 Å². The average Bonchev–Trinajstić information content (AvgIpc) is 2.41. The maximum absolute atomic E-state index is 6.16. The van der Waals surface area contributed by atoms with Gasteiger partial charge in [-0.05, 0) is 50.2 Å². The summed E-state index contributed by atoms with van der Waals surface area (Å²) in [7, 11) is 0. The highest BCUT2D eigenvalue weighted by molar-refractivity contribution is 6.35. The second kappa shape index (κ2) is 7.12. The molecule has 3 nitrogen and oxygen atoms in total. The largest absolute Gasteiger partial charge is 0.437 e. The normalized spacial score (nSPS) is 10.7. The summed E-state index contributed by atoms with van der Waals surface area (Å²) in [6.45, 7) is 7.65. The molecule has 2 rings (SSSR count). The lowest BCUT2D eigenvalue weighted by Gasteiger charge is -2.15. The molecule has 0 unspecified atom stereocenters. The van der Waals surface area contributed by atoms with Crippen LogP contribution in [-0.4, -0.2) is 11.5 Å². The molecule has 1 aromatic carbocycles. The highest BCUT2D eigenvalue weighted by Crippen LogP contribution is 2.33. The van der Waals surface area contributed by atoms with Crippen LogP contribution in [0.5, 0.6) is 11.6 Å². The molecule has 0 aliphatic carbocycles. The van der Waals surface area contributed by atoms with Gasteiger partial charge in [0, 0.05) is 22.8 Å². The monoisotopic (exact) mass is 324 g/mol. The summed E-state index contributed by atoms with van der Waals surface area (Å²) in [6, 6.07) is 7.20. The lowest BCUT2D eigenvalue weighted by atomic mass is 10.1. The zero-order chi connectivity index (χ0) is 15.4. The second-order valence-corrected chi connectivity index (χ2v) is 5.67. The van der Waals surface area contributed by atoms with E-state index >= 15 is 0 Å². The lowest BCUT2D eigenvalue weighted by Crippen LogP contribution is -2.14. The number of halogens is 2. The van der Waals surface area contributed by atoms with E-state index in [9.17, 15) is 0 Å². The Morgan fingerprint density at radius 1 is 1.19 bits per heavy atom. The van der Waals surface area contributed by atoms with Crippen LogP contribution >= 0.6 is 23.2 Å². The third-order valence-electron chi connectivity index (χ3n) is 3.09. The molecule has 5 heteroatoms. The minimum Gasteiger partial charge on any atom is -0.437 e. The molecule has 112 valence electrons. The molecule has 0 spiro atoms. The Hall–Kier alpha value is -1.29. The van der Waals surface area contributed by atoms with E-state index in [0.717, 1.165) is 23.4 Å². The van der Waals surface area contributed by atoms with E-state index in [-0.39, 0.29) is 0 Å². The lowest BCUT2D eigenvalue weighted by molar-refractivity contribution is 0.451. The minimum absolute atomic E-state index is 0.470. The molecule has 0 aliphatic rings. The van der Waals surface area contributed by atoms with E-state index in [1.54, 1.807) is 18.2 Å². The first-order valence-corrected chi connectivity index (χ1v) is 7.57. The van der Waals surface area contributed by atoms with Gasteiger partial charge in [0.2, 0.25) is 5.88 Å². The first-order chi connectivity index (χ1) is 10.0. The standard InChI is InChI=1S/C16H18Cl2N2O/c1-4-19-9-13-10(2)7-11(3)20-16(13)21-15-6-5-12(17)8-14(15)18/h5-8,19H,4,9H2,1-3H3. The second-order valence-electron chi connectivity index (χ2n) is 4.82. The molecule has 0 amide bonds. The van der Waals surface area contributed by atoms with Gasteiger partial charge in [0.1, 0.15) is 5.75 Å². The summed E-state index contributed by atoms with van der Waals surface area (Å²) in [4.78, 5) is 4.49. The van der Waals surface area contributed by atoms with Gasteiger partial charge in [-0.3, -0.25) is 0 Å². The van der Waals surface area contributed by atoms with Crippen LogP contribution in [0.3, 0.4) is 0 Å². The molecule has 2 aromatic rings. The number of hydrogen-bond acceptors (Lipinski definition) is 3. The van der Waals surface area contributed by atoms with E-state index in [1.165, 1.54) is 0 Å². The quantitative estimate of drug-likeness (QED) is 0.848. The Balaban J connectivity index is 2.37. The number of pyridine rings is 1. The molecule has 1 heterocycles. The number of nitrogens with zero attached hydrogens (tertiary/aromatic N) is 1. The number of nitrogens with one attached hydrogen (secondary N) is 1. The molecule has 0 atom stereocenters.